The lowest BCUT2D eigenvalue weighted by Gasteiger charge is -2.37. The summed E-state index contributed by atoms with van der Waals surface area (Å²) in [4.78, 5) is 19.1. The maximum absolute atomic E-state index is 13.6. The standard InChI is InChI=1S/C27H30N6O2/c1-17-13-18(2)21-15-22(27(34)28-23(21)14-17)25(32-11-5-8-19-7-3-4-10-24(19)32)26-29-30-31-33(26)16-20-9-6-12-35-20/h3-4,7,10,13-15,20,25H,5-6,8-9,11-12,16H2,1-2H3,(H,28,34)/t20-,25+/m0/s1. The minimum Gasteiger partial charge on any atom is -0.376 e. The van der Waals surface area contributed by atoms with Gasteiger partial charge >= 0.3 is 0 Å². The molecule has 8 nitrogen and oxygen atoms in total. The number of H-pyrrole nitrogens is 1. The zero-order chi connectivity index (χ0) is 23.9. The molecule has 2 atom stereocenters. The van der Waals surface area contributed by atoms with Gasteiger partial charge < -0.3 is 14.6 Å². The average molecular weight is 471 g/mol. The van der Waals surface area contributed by atoms with Crippen molar-refractivity contribution in [2.24, 2.45) is 0 Å². The van der Waals surface area contributed by atoms with Gasteiger partial charge in [0.1, 0.15) is 6.04 Å². The van der Waals surface area contributed by atoms with Crippen molar-refractivity contribution in [2.45, 2.75) is 58.2 Å². The smallest absolute Gasteiger partial charge is 0.254 e. The zero-order valence-corrected chi connectivity index (χ0v) is 20.2. The van der Waals surface area contributed by atoms with Crippen LogP contribution in [0.1, 0.15) is 53.4 Å². The lowest BCUT2D eigenvalue weighted by atomic mass is 9.95. The van der Waals surface area contributed by atoms with Gasteiger partial charge in [-0.25, -0.2) is 4.68 Å². The zero-order valence-electron chi connectivity index (χ0n) is 20.2. The Balaban J connectivity index is 1.54. The Kier molecular flexibility index (Phi) is 5.60. The van der Waals surface area contributed by atoms with E-state index in [4.69, 9.17) is 4.74 Å². The van der Waals surface area contributed by atoms with Crippen LogP contribution in [0.5, 0.6) is 0 Å². The third kappa shape index (κ3) is 4.01. The van der Waals surface area contributed by atoms with Crippen LogP contribution in [0.3, 0.4) is 0 Å². The van der Waals surface area contributed by atoms with Gasteiger partial charge in [0.25, 0.3) is 5.56 Å². The molecule has 2 aromatic carbocycles. The first-order valence-corrected chi connectivity index (χ1v) is 12.4. The molecule has 0 saturated carbocycles. The van der Waals surface area contributed by atoms with Crippen LogP contribution < -0.4 is 10.5 Å². The van der Waals surface area contributed by atoms with Gasteiger partial charge in [0.2, 0.25) is 0 Å². The van der Waals surface area contributed by atoms with Crippen molar-refractivity contribution in [2.75, 3.05) is 18.1 Å². The molecule has 1 saturated heterocycles. The molecule has 35 heavy (non-hydrogen) atoms. The number of pyridine rings is 1. The van der Waals surface area contributed by atoms with Crippen molar-refractivity contribution < 1.29 is 4.74 Å². The molecule has 0 radical (unpaired) electrons. The van der Waals surface area contributed by atoms with Gasteiger partial charge in [-0.3, -0.25) is 4.79 Å². The second kappa shape index (κ2) is 8.92. The van der Waals surface area contributed by atoms with Crippen LogP contribution in [0.2, 0.25) is 0 Å². The van der Waals surface area contributed by atoms with E-state index in [0.29, 0.717) is 17.9 Å². The van der Waals surface area contributed by atoms with Gasteiger partial charge in [0.15, 0.2) is 5.82 Å². The number of fused-ring (bicyclic) bond motifs is 2. The molecule has 6 rings (SSSR count). The van der Waals surface area contributed by atoms with E-state index in [1.165, 1.54) is 5.56 Å². The molecular weight excluding hydrogens is 440 g/mol. The fraction of sp³-hybridized carbons (Fsp3) is 0.407. The topological polar surface area (TPSA) is 88.9 Å². The molecule has 0 unspecified atom stereocenters. The molecule has 0 bridgehead atoms. The quantitative estimate of drug-likeness (QED) is 0.477. The Hall–Kier alpha value is -3.52. The summed E-state index contributed by atoms with van der Waals surface area (Å²) in [6.07, 6.45) is 4.16. The number of rotatable bonds is 5. The number of ether oxygens (including phenoxy) is 1. The number of nitrogens with one attached hydrogen (secondary N) is 1. The van der Waals surface area contributed by atoms with Gasteiger partial charge in [-0.15, -0.1) is 5.10 Å². The van der Waals surface area contributed by atoms with Gasteiger partial charge in [-0.1, -0.05) is 24.3 Å². The number of tetrazole rings is 1. The molecule has 2 aliphatic rings. The van der Waals surface area contributed by atoms with Gasteiger partial charge in [-0.05, 0) is 84.8 Å². The summed E-state index contributed by atoms with van der Waals surface area (Å²) >= 11 is 0. The summed E-state index contributed by atoms with van der Waals surface area (Å²) in [5.41, 5.74) is 6.08. The number of para-hydroxylation sites is 1. The highest BCUT2D eigenvalue weighted by Crippen LogP contribution is 2.37. The SMILES string of the molecule is Cc1cc(C)c2cc([C@H](c3nnnn3C[C@@H]3CCCO3)N3CCCc4ccccc43)c(=O)[nH]c2c1. The van der Waals surface area contributed by atoms with Crippen molar-refractivity contribution >= 4 is 16.6 Å². The summed E-state index contributed by atoms with van der Waals surface area (Å²) in [7, 11) is 0. The predicted octanol–water partition coefficient (Wildman–Crippen LogP) is 3.85. The van der Waals surface area contributed by atoms with Crippen LogP contribution in [0.4, 0.5) is 5.69 Å². The van der Waals surface area contributed by atoms with Crippen LogP contribution in [-0.4, -0.2) is 44.4 Å². The summed E-state index contributed by atoms with van der Waals surface area (Å²) in [6, 6.07) is 14.2. The molecule has 0 spiro atoms. The number of aryl methyl sites for hydroxylation is 3. The molecular formula is C27H30N6O2. The molecule has 2 aromatic heterocycles. The molecule has 0 amide bonds. The van der Waals surface area contributed by atoms with Crippen LogP contribution in [0, 0.1) is 13.8 Å². The summed E-state index contributed by atoms with van der Waals surface area (Å²) < 4.78 is 7.72. The molecule has 180 valence electrons. The molecule has 1 fully saturated rings. The maximum atomic E-state index is 13.6. The Morgan fingerprint density at radius 1 is 1.17 bits per heavy atom. The van der Waals surface area contributed by atoms with Gasteiger partial charge in [0, 0.05) is 35.3 Å². The predicted molar refractivity (Wildman–Crippen MR) is 135 cm³/mol. The number of anilines is 1. The maximum Gasteiger partial charge on any atom is 0.254 e. The van der Waals surface area contributed by atoms with Crippen LogP contribution >= 0.6 is 0 Å². The lowest BCUT2D eigenvalue weighted by molar-refractivity contribution is 0.0924. The first-order valence-electron chi connectivity index (χ1n) is 12.4. The van der Waals surface area contributed by atoms with E-state index in [1.807, 2.05) is 23.7 Å². The van der Waals surface area contributed by atoms with Gasteiger partial charge in [0.05, 0.1) is 12.6 Å². The van der Waals surface area contributed by atoms with E-state index in [0.717, 1.165) is 66.6 Å². The third-order valence-corrected chi connectivity index (χ3v) is 7.30. The molecule has 4 heterocycles. The van der Waals surface area contributed by atoms with E-state index < -0.39 is 6.04 Å². The average Bonchev–Trinajstić information content (AvgIpc) is 3.53. The van der Waals surface area contributed by atoms with Crippen molar-refractivity contribution in [3.63, 3.8) is 0 Å². The summed E-state index contributed by atoms with van der Waals surface area (Å²) in [6.45, 7) is 6.31. The summed E-state index contributed by atoms with van der Waals surface area (Å²) in [5, 5.41) is 13.9. The van der Waals surface area contributed by atoms with E-state index in [1.54, 1.807) is 0 Å². The minimum atomic E-state index is -0.415. The van der Waals surface area contributed by atoms with Crippen molar-refractivity contribution in [3.8, 4) is 0 Å². The summed E-state index contributed by atoms with van der Waals surface area (Å²) in [5.74, 6) is 0.673. The first kappa shape index (κ1) is 22.0. The van der Waals surface area contributed by atoms with Gasteiger partial charge in [-0.2, -0.15) is 0 Å². The third-order valence-electron chi connectivity index (χ3n) is 7.30. The van der Waals surface area contributed by atoms with Crippen LogP contribution in [-0.2, 0) is 17.7 Å². The van der Waals surface area contributed by atoms with Crippen molar-refractivity contribution in [1.82, 2.24) is 25.2 Å². The second-order valence-corrected chi connectivity index (χ2v) is 9.78. The Morgan fingerprint density at radius 3 is 2.91 bits per heavy atom. The van der Waals surface area contributed by atoms with Crippen LogP contribution in [0.25, 0.3) is 10.9 Å². The fourth-order valence-electron chi connectivity index (χ4n) is 5.69. The molecule has 0 aliphatic carbocycles. The van der Waals surface area contributed by atoms with Crippen molar-refractivity contribution in [3.05, 3.63) is 80.9 Å². The molecule has 8 heteroatoms. The first-order chi connectivity index (χ1) is 17.1. The minimum absolute atomic E-state index is 0.0895. The highest BCUT2D eigenvalue weighted by molar-refractivity contribution is 5.83. The highest BCUT2D eigenvalue weighted by Gasteiger charge is 2.34. The monoisotopic (exact) mass is 470 g/mol. The Morgan fingerprint density at radius 2 is 2.06 bits per heavy atom. The number of nitrogens with zero attached hydrogens (tertiary/aromatic N) is 5. The van der Waals surface area contributed by atoms with E-state index in [2.05, 4.69) is 62.7 Å². The van der Waals surface area contributed by atoms with Crippen LogP contribution in [0.15, 0.2) is 47.3 Å². The Labute approximate surface area is 203 Å². The Bertz CT molecular complexity index is 1440. The molecule has 2 aliphatic heterocycles. The second-order valence-electron chi connectivity index (χ2n) is 9.78. The number of benzene rings is 2. The van der Waals surface area contributed by atoms with E-state index >= 15 is 0 Å². The largest absolute Gasteiger partial charge is 0.376 e. The van der Waals surface area contributed by atoms with Crippen molar-refractivity contribution in [1.29, 1.82) is 0 Å². The van der Waals surface area contributed by atoms with E-state index in [-0.39, 0.29) is 11.7 Å². The molecule has 1 N–H and O–H groups in total. The van der Waals surface area contributed by atoms with E-state index in [9.17, 15) is 4.79 Å². The number of aromatic amines is 1. The number of aromatic nitrogens is 5. The lowest BCUT2D eigenvalue weighted by Crippen LogP contribution is -2.39. The fourth-order valence-corrected chi connectivity index (χ4v) is 5.69. The number of hydrogen-bond donors (Lipinski definition) is 1. The molecule has 4 aromatic rings. The number of hydrogen-bond acceptors (Lipinski definition) is 6. The normalized spacial score (nSPS) is 18.7. The highest BCUT2D eigenvalue weighted by atomic mass is 16.5.